The Labute approximate surface area is 74.2 Å². The minimum Gasteiger partial charge on any atom is -0.264 e. The number of allylic oxidation sites excluding steroid dienone is 1. The normalized spacial score (nSPS) is 12.8. The van der Waals surface area contributed by atoms with Gasteiger partial charge in [-0.05, 0) is 30.0 Å². The van der Waals surface area contributed by atoms with Crippen LogP contribution in [-0.2, 0) is 6.42 Å². The lowest BCUT2D eigenvalue weighted by molar-refractivity contribution is 0.977. The molecule has 0 saturated heterocycles. The van der Waals surface area contributed by atoms with Crippen molar-refractivity contribution in [3.8, 4) is 0 Å². The van der Waals surface area contributed by atoms with Gasteiger partial charge in [-0.3, -0.25) is 4.98 Å². The Morgan fingerprint density at radius 2 is 2.17 bits per heavy atom. The number of aromatic nitrogens is 1. The quantitative estimate of drug-likeness (QED) is 0.570. The summed E-state index contributed by atoms with van der Waals surface area (Å²) < 4.78 is 0. The zero-order chi connectivity index (χ0) is 8.81. The summed E-state index contributed by atoms with van der Waals surface area (Å²) in [6.07, 6.45) is 10.5. The summed E-state index contributed by atoms with van der Waals surface area (Å²) in [6.45, 7) is 4.00. The highest BCUT2D eigenvalue weighted by molar-refractivity contribution is 5.54. The molecule has 1 heterocycles. The molecular formula is C11H15N. The summed E-state index contributed by atoms with van der Waals surface area (Å²) in [6, 6.07) is 2.10. The predicted octanol–water partition coefficient (Wildman–Crippen LogP) is 3.07. The number of rotatable bonds is 0. The zero-order valence-corrected chi connectivity index (χ0v) is 7.75. The highest BCUT2D eigenvalue weighted by Gasteiger charge is 2.01. The number of hydrogen-bond acceptors (Lipinski definition) is 1. The molecule has 1 aliphatic carbocycles. The summed E-state index contributed by atoms with van der Waals surface area (Å²) in [5.41, 5.74) is 2.71. The molecule has 1 aliphatic rings. The van der Waals surface area contributed by atoms with Gasteiger partial charge in [-0.2, -0.15) is 0 Å². The predicted molar refractivity (Wildman–Crippen MR) is 52.9 cm³/mol. The standard InChI is InChI=1S/C9H9N.C2H6/c1-2-4-9-7-10-6-5-8(9)3-1;1-2/h2,4-7H,1,3H2;1-2H3. The van der Waals surface area contributed by atoms with Gasteiger partial charge in [-0.1, -0.05) is 26.0 Å². The third-order valence-electron chi connectivity index (χ3n) is 1.82. The van der Waals surface area contributed by atoms with Crippen LogP contribution in [0.3, 0.4) is 0 Å². The first-order valence-electron chi connectivity index (χ1n) is 4.56. The molecule has 0 aromatic carbocycles. The first-order chi connectivity index (χ1) is 5.97. The Hall–Kier alpha value is -1.11. The second-order valence-electron chi connectivity index (χ2n) is 2.52. The van der Waals surface area contributed by atoms with Gasteiger partial charge >= 0.3 is 0 Å². The third kappa shape index (κ3) is 1.94. The molecule has 1 aromatic rings. The molecular weight excluding hydrogens is 146 g/mol. The largest absolute Gasteiger partial charge is 0.264 e. The van der Waals surface area contributed by atoms with Crippen LogP contribution >= 0.6 is 0 Å². The molecule has 0 N–H and O–H groups in total. The topological polar surface area (TPSA) is 12.9 Å². The van der Waals surface area contributed by atoms with Crippen LogP contribution in [0.1, 0.15) is 31.4 Å². The molecule has 12 heavy (non-hydrogen) atoms. The van der Waals surface area contributed by atoms with Gasteiger partial charge in [0.1, 0.15) is 0 Å². The molecule has 0 aliphatic heterocycles. The fourth-order valence-corrected chi connectivity index (χ4v) is 1.26. The van der Waals surface area contributed by atoms with Gasteiger partial charge in [0.05, 0.1) is 0 Å². The van der Waals surface area contributed by atoms with Crippen molar-refractivity contribution in [3.63, 3.8) is 0 Å². The minimum absolute atomic E-state index is 1.17. The second-order valence-corrected chi connectivity index (χ2v) is 2.52. The number of pyridine rings is 1. The van der Waals surface area contributed by atoms with E-state index in [1.165, 1.54) is 24.0 Å². The summed E-state index contributed by atoms with van der Waals surface area (Å²) in [5, 5.41) is 0. The van der Waals surface area contributed by atoms with E-state index in [1.807, 2.05) is 26.2 Å². The number of hydrogen-bond donors (Lipinski definition) is 0. The van der Waals surface area contributed by atoms with Crippen LogP contribution in [0.25, 0.3) is 6.08 Å². The lowest BCUT2D eigenvalue weighted by atomic mass is 10.0. The van der Waals surface area contributed by atoms with E-state index < -0.39 is 0 Å². The van der Waals surface area contributed by atoms with E-state index in [0.29, 0.717) is 0 Å². The van der Waals surface area contributed by atoms with Crippen LogP contribution in [0.5, 0.6) is 0 Å². The van der Waals surface area contributed by atoms with Gasteiger partial charge in [0, 0.05) is 12.4 Å². The summed E-state index contributed by atoms with van der Waals surface area (Å²) in [5.74, 6) is 0. The van der Waals surface area contributed by atoms with E-state index in [9.17, 15) is 0 Å². The molecule has 0 radical (unpaired) electrons. The van der Waals surface area contributed by atoms with Crippen molar-refractivity contribution >= 4 is 6.08 Å². The first-order valence-corrected chi connectivity index (χ1v) is 4.56. The van der Waals surface area contributed by atoms with E-state index in [4.69, 9.17) is 0 Å². The monoisotopic (exact) mass is 161 g/mol. The van der Waals surface area contributed by atoms with Crippen LogP contribution in [0.15, 0.2) is 24.5 Å². The van der Waals surface area contributed by atoms with Crippen LogP contribution in [0.4, 0.5) is 0 Å². The second kappa shape index (κ2) is 4.70. The van der Waals surface area contributed by atoms with Gasteiger partial charge in [-0.15, -0.1) is 0 Å². The van der Waals surface area contributed by atoms with Gasteiger partial charge < -0.3 is 0 Å². The van der Waals surface area contributed by atoms with Crippen molar-refractivity contribution in [2.24, 2.45) is 0 Å². The maximum Gasteiger partial charge on any atom is 0.0342 e. The van der Waals surface area contributed by atoms with Crippen LogP contribution in [0.2, 0.25) is 0 Å². The molecule has 0 saturated carbocycles. The van der Waals surface area contributed by atoms with Crippen molar-refractivity contribution in [2.75, 3.05) is 0 Å². The Bertz CT molecular complexity index is 263. The van der Waals surface area contributed by atoms with Crippen molar-refractivity contribution in [2.45, 2.75) is 26.7 Å². The van der Waals surface area contributed by atoms with E-state index >= 15 is 0 Å². The molecule has 0 unspecified atom stereocenters. The van der Waals surface area contributed by atoms with Crippen LogP contribution in [-0.4, -0.2) is 4.98 Å². The number of nitrogens with zero attached hydrogens (tertiary/aromatic N) is 1. The molecule has 1 nitrogen and oxygen atoms in total. The van der Waals surface area contributed by atoms with Crippen LogP contribution in [0, 0.1) is 0 Å². The lowest BCUT2D eigenvalue weighted by Crippen LogP contribution is -1.93. The highest BCUT2D eigenvalue weighted by Crippen LogP contribution is 2.16. The third-order valence-corrected chi connectivity index (χ3v) is 1.82. The maximum atomic E-state index is 4.05. The average molecular weight is 161 g/mol. The molecule has 0 spiro atoms. The number of aryl methyl sites for hydroxylation is 1. The molecule has 1 aromatic heterocycles. The van der Waals surface area contributed by atoms with E-state index in [-0.39, 0.29) is 0 Å². The number of fused-ring (bicyclic) bond motifs is 1. The maximum absolute atomic E-state index is 4.05. The molecule has 2 rings (SSSR count). The van der Waals surface area contributed by atoms with Crippen molar-refractivity contribution in [1.29, 1.82) is 0 Å². The molecule has 0 bridgehead atoms. The van der Waals surface area contributed by atoms with Crippen LogP contribution < -0.4 is 0 Å². The summed E-state index contributed by atoms with van der Waals surface area (Å²) >= 11 is 0. The smallest absolute Gasteiger partial charge is 0.0342 e. The first kappa shape index (κ1) is 8.98. The van der Waals surface area contributed by atoms with Gasteiger partial charge in [0.2, 0.25) is 0 Å². The summed E-state index contributed by atoms with van der Waals surface area (Å²) in [4.78, 5) is 4.05. The fourth-order valence-electron chi connectivity index (χ4n) is 1.26. The van der Waals surface area contributed by atoms with Gasteiger partial charge in [0.15, 0.2) is 0 Å². The van der Waals surface area contributed by atoms with Crippen molar-refractivity contribution in [1.82, 2.24) is 4.98 Å². The Balaban J connectivity index is 0.000000336. The molecule has 0 atom stereocenters. The Morgan fingerprint density at radius 1 is 1.33 bits per heavy atom. The zero-order valence-electron chi connectivity index (χ0n) is 7.75. The summed E-state index contributed by atoms with van der Waals surface area (Å²) in [7, 11) is 0. The Morgan fingerprint density at radius 3 is 2.92 bits per heavy atom. The Kier molecular flexibility index (Phi) is 3.52. The van der Waals surface area contributed by atoms with Gasteiger partial charge in [0.25, 0.3) is 0 Å². The van der Waals surface area contributed by atoms with Gasteiger partial charge in [-0.25, -0.2) is 0 Å². The van der Waals surface area contributed by atoms with E-state index in [1.54, 1.807) is 0 Å². The van der Waals surface area contributed by atoms with E-state index in [2.05, 4.69) is 23.2 Å². The van der Waals surface area contributed by atoms with Crippen molar-refractivity contribution in [3.05, 3.63) is 35.7 Å². The lowest BCUT2D eigenvalue weighted by Gasteiger charge is -2.07. The minimum atomic E-state index is 1.17. The average Bonchev–Trinajstić information content (AvgIpc) is 2.21. The SMILES string of the molecule is C1=Cc2cnccc2CC1.CC. The molecule has 0 fully saturated rings. The molecule has 0 amide bonds. The highest BCUT2D eigenvalue weighted by atomic mass is 14.6. The van der Waals surface area contributed by atoms with E-state index in [0.717, 1.165) is 0 Å². The fraction of sp³-hybridized carbons (Fsp3) is 0.364. The van der Waals surface area contributed by atoms with Crippen molar-refractivity contribution < 1.29 is 0 Å². The molecule has 64 valence electrons. The molecule has 1 heteroatoms.